The van der Waals surface area contributed by atoms with E-state index in [0.717, 1.165) is 0 Å². The van der Waals surface area contributed by atoms with E-state index < -0.39 is 5.97 Å². The van der Waals surface area contributed by atoms with E-state index >= 15 is 0 Å². The zero-order valence-corrected chi connectivity index (χ0v) is 11.2. The fourth-order valence-electron chi connectivity index (χ4n) is 1.63. The Bertz CT molecular complexity index is 424. The molecule has 2 N–H and O–H groups in total. The molecule has 0 aliphatic carbocycles. The molecule has 0 fully saturated rings. The minimum Gasteiger partial charge on any atom is -0.478 e. The largest absolute Gasteiger partial charge is 0.478 e. The molecule has 100 valence electrons. The third-order valence-electron chi connectivity index (χ3n) is 2.50. The highest BCUT2D eigenvalue weighted by Gasteiger charge is 2.15. The summed E-state index contributed by atoms with van der Waals surface area (Å²) in [4.78, 5) is 17.0. The van der Waals surface area contributed by atoms with E-state index in [2.05, 4.69) is 4.98 Å². The monoisotopic (exact) mass is 272 g/mol. The topological polar surface area (TPSA) is 73.7 Å². The number of halogens is 1. The minimum absolute atomic E-state index is 0.0789. The Kier molecular flexibility index (Phi) is 5.37. The first kappa shape index (κ1) is 14.7. The predicted molar refractivity (Wildman–Crippen MR) is 70.4 cm³/mol. The van der Waals surface area contributed by atoms with Crippen molar-refractivity contribution in [3.8, 4) is 0 Å². The number of rotatable bonds is 6. The van der Waals surface area contributed by atoms with Crippen LogP contribution in [-0.4, -0.2) is 40.4 Å². The maximum atomic E-state index is 11.0. The van der Waals surface area contributed by atoms with Crippen LogP contribution in [0.4, 0.5) is 5.82 Å². The van der Waals surface area contributed by atoms with Gasteiger partial charge in [0.2, 0.25) is 0 Å². The number of carboxylic acids is 1. The Morgan fingerprint density at radius 1 is 1.50 bits per heavy atom. The fraction of sp³-hybridized carbons (Fsp3) is 0.500. The van der Waals surface area contributed by atoms with Crippen molar-refractivity contribution < 1.29 is 15.0 Å². The molecule has 0 amide bonds. The molecule has 0 aromatic carbocycles. The van der Waals surface area contributed by atoms with Gasteiger partial charge in [0, 0.05) is 19.2 Å². The molecule has 1 aromatic heterocycles. The van der Waals surface area contributed by atoms with Crippen molar-refractivity contribution in [3.05, 3.63) is 22.8 Å². The second-order valence-corrected chi connectivity index (χ2v) is 4.59. The number of carbonyl (C=O) groups is 1. The van der Waals surface area contributed by atoms with Gasteiger partial charge in [-0.05, 0) is 32.4 Å². The summed E-state index contributed by atoms with van der Waals surface area (Å²) in [7, 11) is 0. The van der Waals surface area contributed by atoms with E-state index in [0.29, 0.717) is 18.8 Å². The zero-order valence-electron chi connectivity index (χ0n) is 10.4. The molecule has 0 aliphatic heterocycles. The number of anilines is 1. The zero-order chi connectivity index (χ0) is 13.7. The van der Waals surface area contributed by atoms with Gasteiger partial charge in [-0.3, -0.25) is 0 Å². The number of hydrogen-bond donors (Lipinski definition) is 2. The number of aliphatic hydroxyl groups is 1. The molecule has 1 heterocycles. The molecule has 0 spiro atoms. The summed E-state index contributed by atoms with van der Waals surface area (Å²) in [6, 6.07) is 2.95. The lowest BCUT2D eigenvalue weighted by Crippen LogP contribution is -2.33. The summed E-state index contributed by atoms with van der Waals surface area (Å²) in [5.74, 6) is -0.519. The molecular weight excluding hydrogens is 256 g/mol. The normalized spacial score (nSPS) is 10.7. The lowest BCUT2D eigenvalue weighted by atomic mass is 10.2. The van der Waals surface area contributed by atoms with Crippen molar-refractivity contribution in [1.29, 1.82) is 0 Å². The minimum atomic E-state index is -1.04. The maximum absolute atomic E-state index is 11.0. The van der Waals surface area contributed by atoms with E-state index in [1.807, 2.05) is 18.7 Å². The van der Waals surface area contributed by atoms with Crippen LogP contribution in [0.3, 0.4) is 0 Å². The number of aromatic carboxylic acids is 1. The van der Waals surface area contributed by atoms with Gasteiger partial charge in [-0.25, -0.2) is 9.78 Å². The number of pyridine rings is 1. The van der Waals surface area contributed by atoms with Crippen LogP contribution in [0.2, 0.25) is 5.15 Å². The number of hydrogen-bond acceptors (Lipinski definition) is 4. The first-order valence-corrected chi connectivity index (χ1v) is 6.12. The van der Waals surface area contributed by atoms with Crippen LogP contribution in [-0.2, 0) is 0 Å². The lowest BCUT2D eigenvalue weighted by Gasteiger charge is -2.28. The second kappa shape index (κ2) is 6.56. The van der Waals surface area contributed by atoms with Gasteiger partial charge in [-0.15, -0.1) is 0 Å². The van der Waals surface area contributed by atoms with Crippen molar-refractivity contribution in [2.75, 3.05) is 18.1 Å². The SMILES string of the molecule is CC(C)N(CCCO)c1cc(C(=O)O)cc(Cl)n1. The van der Waals surface area contributed by atoms with Gasteiger partial charge in [-0.1, -0.05) is 11.6 Å². The lowest BCUT2D eigenvalue weighted by molar-refractivity contribution is 0.0696. The van der Waals surface area contributed by atoms with Crippen LogP contribution in [0.15, 0.2) is 12.1 Å². The fourth-order valence-corrected chi connectivity index (χ4v) is 1.84. The molecule has 6 heteroatoms. The van der Waals surface area contributed by atoms with Gasteiger partial charge in [0.15, 0.2) is 0 Å². The average molecular weight is 273 g/mol. The Morgan fingerprint density at radius 2 is 2.17 bits per heavy atom. The van der Waals surface area contributed by atoms with Gasteiger partial charge in [-0.2, -0.15) is 0 Å². The number of nitrogens with zero attached hydrogens (tertiary/aromatic N) is 2. The predicted octanol–water partition coefficient (Wildman–Crippen LogP) is 2.03. The highest BCUT2D eigenvalue weighted by atomic mass is 35.5. The molecule has 0 unspecified atom stereocenters. The van der Waals surface area contributed by atoms with E-state index in [1.165, 1.54) is 12.1 Å². The highest BCUT2D eigenvalue weighted by Crippen LogP contribution is 2.20. The van der Waals surface area contributed by atoms with Gasteiger partial charge >= 0.3 is 5.97 Å². The Morgan fingerprint density at radius 3 is 2.67 bits per heavy atom. The van der Waals surface area contributed by atoms with Crippen LogP contribution in [0.1, 0.15) is 30.6 Å². The summed E-state index contributed by atoms with van der Waals surface area (Å²) in [5, 5.41) is 18.0. The summed E-state index contributed by atoms with van der Waals surface area (Å²) in [6.07, 6.45) is 0.592. The first-order chi connectivity index (χ1) is 8.45. The van der Waals surface area contributed by atoms with Crippen LogP contribution >= 0.6 is 11.6 Å². The first-order valence-electron chi connectivity index (χ1n) is 5.74. The molecule has 0 aliphatic rings. The summed E-state index contributed by atoms with van der Waals surface area (Å²) < 4.78 is 0. The standard InChI is InChI=1S/C12H17ClN2O3/c1-8(2)15(4-3-5-16)11-7-9(12(17)18)6-10(13)14-11/h6-8,16H,3-5H2,1-2H3,(H,17,18). The maximum Gasteiger partial charge on any atom is 0.335 e. The number of carboxylic acid groups (broad SMARTS) is 1. The summed E-state index contributed by atoms with van der Waals surface area (Å²) in [5.41, 5.74) is 0.111. The Balaban J connectivity index is 3.07. The molecule has 0 saturated carbocycles. The van der Waals surface area contributed by atoms with Crippen molar-refractivity contribution in [3.63, 3.8) is 0 Å². The summed E-state index contributed by atoms with van der Waals surface area (Å²) >= 11 is 5.83. The van der Waals surface area contributed by atoms with Gasteiger partial charge < -0.3 is 15.1 Å². The third kappa shape index (κ3) is 3.85. The van der Waals surface area contributed by atoms with E-state index in [-0.39, 0.29) is 23.4 Å². The molecule has 1 rings (SSSR count). The van der Waals surface area contributed by atoms with Crippen molar-refractivity contribution >= 4 is 23.4 Å². The second-order valence-electron chi connectivity index (χ2n) is 4.21. The van der Waals surface area contributed by atoms with Gasteiger partial charge in [0.05, 0.1) is 5.56 Å². The molecular formula is C12H17ClN2O3. The Hall–Kier alpha value is -1.33. The van der Waals surface area contributed by atoms with Crippen molar-refractivity contribution in [2.24, 2.45) is 0 Å². The highest BCUT2D eigenvalue weighted by molar-refractivity contribution is 6.29. The Labute approximate surface area is 111 Å². The van der Waals surface area contributed by atoms with E-state index in [9.17, 15) is 4.79 Å². The van der Waals surface area contributed by atoms with Crippen LogP contribution in [0.5, 0.6) is 0 Å². The molecule has 1 aromatic rings. The summed E-state index contributed by atoms with van der Waals surface area (Å²) in [6.45, 7) is 4.62. The van der Waals surface area contributed by atoms with Crippen molar-refractivity contribution in [2.45, 2.75) is 26.3 Å². The van der Waals surface area contributed by atoms with Crippen LogP contribution in [0.25, 0.3) is 0 Å². The smallest absolute Gasteiger partial charge is 0.335 e. The quantitative estimate of drug-likeness (QED) is 0.775. The van der Waals surface area contributed by atoms with E-state index in [4.69, 9.17) is 21.8 Å². The molecule has 5 nitrogen and oxygen atoms in total. The third-order valence-corrected chi connectivity index (χ3v) is 2.70. The van der Waals surface area contributed by atoms with Gasteiger partial charge in [0.1, 0.15) is 11.0 Å². The number of aliphatic hydroxyl groups excluding tert-OH is 1. The molecule has 0 saturated heterocycles. The van der Waals surface area contributed by atoms with Crippen molar-refractivity contribution in [1.82, 2.24) is 4.98 Å². The molecule has 0 atom stereocenters. The van der Waals surface area contributed by atoms with Crippen LogP contribution in [0, 0.1) is 0 Å². The number of aromatic nitrogens is 1. The van der Waals surface area contributed by atoms with E-state index in [1.54, 1.807) is 0 Å². The van der Waals surface area contributed by atoms with Crippen LogP contribution < -0.4 is 4.90 Å². The molecule has 0 radical (unpaired) electrons. The average Bonchev–Trinajstić information content (AvgIpc) is 2.28. The molecule has 0 bridgehead atoms. The van der Waals surface area contributed by atoms with Gasteiger partial charge in [0.25, 0.3) is 0 Å². The molecule has 18 heavy (non-hydrogen) atoms.